The SMILES string of the molecule is CCNCC(C)(O)COc1ccc2cc(Br)ccc2c1. The largest absolute Gasteiger partial charge is 0.491 e. The normalized spacial score (nSPS) is 14.2. The van der Waals surface area contributed by atoms with E-state index in [0.29, 0.717) is 6.54 Å². The van der Waals surface area contributed by atoms with Crippen LogP contribution in [0.4, 0.5) is 0 Å². The number of fused-ring (bicyclic) bond motifs is 1. The van der Waals surface area contributed by atoms with Crippen molar-refractivity contribution < 1.29 is 9.84 Å². The van der Waals surface area contributed by atoms with Crippen LogP contribution in [-0.4, -0.2) is 30.4 Å². The van der Waals surface area contributed by atoms with Crippen LogP contribution in [0.25, 0.3) is 10.8 Å². The molecule has 0 fully saturated rings. The Bertz CT molecular complexity index is 584. The Morgan fingerprint density at radius 2 is 1.90 bits per heavy atom. The third kappa shape index (κ3) is 4.20. The number of hydrogen-bond acceptors (Lipinski definition) is 3. The van der Waals surface area contributed by atoms with E-state index in [1.165, 1.54) is 0 Å². The van der Waals surface area contributed by atoms with Crippen LogP contribution in [0.5, 0.6) is 5.75 Å². The third-order valence-corrected chi connectivity index (χ3v) is 3.57. The smallest absolute Gasteiger partial charge is 0.120 e. The second-order valence-corrected chi connectivity index (χ2v) is 6.13. The Kier molecular flexibility index (Phi) is 5.02. The summed E-state index contributed by atoms with van der Waals surface area (Å²) in [5.74, 6) is 0.775. The van der Waals surface area contributed by atoms with Gasteiger partial charge in [0.2, 0.25) is 0 Å². The van der Waals surface area contributed by atoms with Gasteiger partial charge < -0.3 is 15.2 Å². The van der Waals surface area contributed by atoms with Crippen molar-refractivity contribution in [2.45, 2.75) is 19.4 Å². The van der Waals surface area contributed by atoms with Crippen LogP contribution < -0.4 is 10.1 Å². The van der Waals surface area contributed by atoms with E-state index in [1.807, 2.05) is 37.3 Å². The van der Waals surface area contributed by atoms with Gasteiger partial charge in [0.05, 0.1) is 0 Å². The zero-order valence-corrected chi connectivity index (χ0v) is 13.4. The molecule has 0 aliphatic rings. The molecule has 0 aromatic heterocycles. The fourth-order valence-corrected chi connectivity index (χ4v) is 2.35. The summed E-state index contributed by atoms with van der Waals surface area (Å²) < 4.78 is 6.77. The second-order valence-electron chi connectivity index (χ2n) is 5.22. The van der Waals surface area contributed by atoms with Crippen molar-refractivity contribution in [2.24, 2.45) is 0 Å². The van der Waals surface area contributed by atoms with E-state index in [0.717, 1.165) is 27.5 Å². The number of rotatable bonds is 6. The Morgan fingerprint density at radius 3 is 2.65 bits per heavy atom. The van der Waals surface area contributed by atoms with Gasteiger partial charge in [-0.05, 0) is 48.5 Å². The highest BCUT2D eigenvalue weighted by molar-refractivity contribution is 9.10. The molecule has 1 atom stereocenters. The van der Waals surface area contributed by atoms with Crippen molar-refractivity contribution in [3.8, 4) is 5.75 Å². The first-order valence-electron chi connectivity index (χ1n) is 6.75. The standard InChI is InChI=1S/C16H20BrNO2/c1-3-18-10-16(2,19)11-20-15-7-5-12-8-14(17)6-4-13(12)9-15/h4-9,18-19H,3,10-11H2,1-2H3. The van der Waals surface area contributed by atoms with Crippen LogP contribution >= 0.6 is 15.9 Å². The maximum Gasteiger partial charge on any atom is 0.120 e. The molecule has 2 aromatic carbocycles. The average molecular weight is 338 g/mol. The molecule has 2 rings (SSSR count). The van der Waals surface area contributed by atoms with Crippen LogP contribution in [-0.2, 0) is 0 Å². The van der Waals surface area contributed by atoms with Crippen LogP contribution in [0.15, 0.2) is 40.9 Å². The number of nitrogens with one attached hydrogen (secondary N) is 1. The average Bonchev–Trinajstić information content (AvgIpc) is 2.43. The van der Waals surface area contributed by atoms with Gasteiger partial charge in [0.15, 0.2) is 0 Å². The maximum absolute atomic E-state index is 10.2. The summed E-state index contributed by atoms with van der Waals surface area (Å²) in [6.07, 6.45) is 0. The lowest BCUT2D eigenvalue weighted by Crippen LogP contribution is -2.42. The number of benzene rings is 2. The van der Waals surface area contributed by atoms with Gasteiger partial charge >= 0.3 is 0 Å². The zero-order chi connectivity index (χ0) is 14.6. The van der Waals surface area contributed by atoms with E-state index in [9.17, 15) is 5.11 Å². The first-order chi connectivity index (χ1) is 9.50. The van der Waals surface area contributed by atoms with Gasteiger partial charge in [0, 0.05) is 11.0 Å². The molecule has 108 valence electrons. The summed E-state index contributed by atoms with van der Waals surface area (Å²) in [4.78, 5) is 0. The minimum Gasteiger partial charge on any atom is -0.491 e. The highest BCUT2D eigenvalue weighted by Crippen LogP contribution is 2.24. The summed E-state index contributed by atoms with van der Waals surface area (Å²) >= 11 is 3.46. The highest BCUT2D eigenvalue weighted by Gasteiger charge is 2.20. The molecule has 0 heterocycles. The minimum absolute atomic E-state index is 0.266. The van der Waals surface area contributed by atoms with E-state index in [2.05, 4.69) is 27.3 Å². The minimum atomic E-state index is -0.870. The van der Waals surface area contributed by atoms with Gasteiger partial charge in [0.1, 0.15) is 18.0 Å². The molecule has 2 aromatic rings. The maximum atomic E-state index is 10.2. The van der Waals surface area contributed by atoms with Gasteiger partial charge in [-0.2, -0.15) is 0 Å². The van der Waals surface area contributed by atoms with Crippen molar-refractivity contribution in [2.75, 3.05) is 19.7 Å². The molecular weight excluding hydrogens is 318 g/mol. The van der Waals surface area contributed by atoms with Gasteiger partial charge in [-0.25, -0.2) is 0 Å². The molecule has 3 nitrogen and oxygen atoms in total. The van der Waals surface area contributed by atoms with Crippen LogP contribution in [0.2, 0.25) is 0 Å². The van der Waals surface area contributed by atoms with Gasteiger partial charge in [-0.1, -0.05) is 35.0 Å². The molecule has 0 spiro atoms. The van der Waals surface area contributed by atoms with E-state index in [4.69, 9.17) is 4.74 Å². The number of halogens is 1. The van der Waals surface area contributed by atoms with Crippen molar-refractivity contribution >= 4 is 26.7 Å². The Labute approximate surface area is 128 Å². The summed E-state index contributed by atoms with van der Waals surface area (Å²) in [6, 6.07) is 12.1. The highest BCUT2D eigenvalue weighted by atomic mass is 79.9. The van der Waals surface area contributed by atoms with E-state index in [1.54, 1.807) is 6.92 Å². The summed E-state index contributed by atoms with van der Waals surface area (Å²) in [6.45, 7) is 5.40. The van der Waals surface area contributed by atoms with Gasteiger partial charge in [-0.15, -0.1) is 0 Å². The summed E-state index contributed by atoms with van der Waals surface area (Å²) in [5.41, 5.74) is -0.870. The number of hydrogen-bond donors (Lipinski definition) is 2. The van der Waals surface area contributed by atoms with Crippen LogP contribution in [0, 0.1) is 0 Å². The topological polar surface area (TPSA) is 41.5 Å². The number of ether oxygens (including phenoxy) is 1. The van der Waals surface area contributed by atoms with E-state index in [-0.39, 0.29) is 6.61 Å². The van der Waals surface area contributed by atoms with Gasteiger partial charge in [-0.3, -0.25) is 0 Å². The van der Waals surface area contributed by atoms with E-state index >= 15 is 0 Å². The molecule has 4 heteroatoms. The molecule has 1 unspecified atom stereocenters. The number of likely N-dealkylation sites (N-methyl/N-ethyl adjacent to an activating group) is 1. The molecule has 0 amide bonds. The van der Waals surface area contributed by atoms with Crippen molar-refractivity contribution in [1.29, 1.82) is 0 Å². The lowest BCUT2D eigenvalue weighted by atomic mass is 10.1. The second kappa shape index (κ2) is 6.57. The fraction of sp³-hybridized carbons (Fsp3) is 0.375. The quantitative estimate of drug-likeness (QED) is 0.849. The lowest BCUT2D eigenvalue weighted by molar-refractivity contribution is 0.0128. The predicted octanol–water partition coefficient (Wildman–Crippen LogP) is 3.34. The van der Waals surface area contributed by atoms with Gasteiger partial charge in [0.25, 0.3) is 0 Å². The van der Waals surface area contributed by atoms with Crippen LogP contribution in [0.3, 0.4) is 0 Å². The molecule has 0 saturated carbocycles. The third-order valence-electron chi connectivity index (χ3n) is 3.08. The molecule has 0 radical (unpaired) electrons. The Morgan fingerprint density at radius 1 is 1.20 bits per heavy atom. The zero-order valence-electron chi connectivity index (χ0n) is 11.8. The Hall–Kier alpha value is -1.10. The predicted molar refractivity (Wildman–Crippen MR) is 86.3 cm³/mol. The summed E-state index contributed by atoms with van der Waals surface area (Å²) in [7, 11) is 0. The monoisotopic (exact) mass is 337 g/mol. The molecule has 0 bridgehead atoms. The molecule has 20 heavy (non-hydrogen) atoms. The lowest BCUT2D eigenvalue weighted by Gasteiger charge is -2.23. The molecule has 2 N–H and O–H groups in total. The molecule has 0 aliphatic carbocycles. The first kappa shape index (κ1) is 15.3. The van der Waals surface area contributed by atoms with Crippen molar-refractivity contribution in [1.82, 2.24) is 5.32 Å². The Balaban J connectivity index is 2.05. The van der Waals surface area contributed by atoms with Crippen molar-refractivity contribution in [3.63, 3.8) is 0 Å². The number of aliphatic hydroxyl groups is 1. The van der Waals surface area contributed by atoms with Crippen LogP contribution in [0.1, 0.15) is 13.8 Å². The van der Waals surface area contributed by atoms with E-state index < -0.39 is 5.60 Å². The molecule has 0 saturated heterocycles. The summed E-state index contributed by atoms with van der Waals surface area (Å²) in [5, 5.41) is 15.6. The first-order valence-corrected chi connectivity index (χ1v) is 7.55. The fourth-order valence-electron chi connectivity index (χ4n) is 1.97. The molecule has 0 aliphatic heterocycles. The van der Waals surface area contributed by atoms with Crippen molar-refractivity contribution in [3.05, 3.63) is 40.9 Å². The molecular formula is C16H20BrNO2.